The molecule has 0 spiro atoms. The number of nitrogens with one attached hydrogen (secondary N) is 2. The predicted molar refractivity (Wildman–Crippen MR) is 166 cm³/mol. The Kier molecular flexibility index (Phi) is 11.6. The lowest BCUT2D eigenvalue weighted by Gasteiger charge is -2.44. The number of methoxy groups -OCH3 is 1. The van der Waals surface area contributed by atoms with Crippen molar-refractivity contribution in [1.82, 2.24) is 20.5 Å². The average Bonchev–Trinajstić information content (AvgIpc) is 3.03. The quantitative estimate of drug-likeness (QED) is 0.293. The van der Waals surface area contributed by atoms with Crippen LogP contribution in [0.4, 0.5) is 4.79 Å². The molecule has 1 aromatic heterocycles. The van der Waals surface area contributed by atoms with E-state index < -0.39 is 11.7 Å². The first kappa shape index (κ1) is 32.2. The Hall–Kier alpha value is -2.68. The highest BCUT2D eigenvalue weighted by atomic mass is 35.5. The highest BCUT2D eigenvalue weighted by Gasteiger charge is 2.44. The lowest BCUT2D eigenvalue weighted by atomic mass is 9.72. The summed E-state index contributed by atoms with van der Waals surface area (Å²) in [4.78, 5) is 31.9. The number of halogens is 1. The normalized spacial score (nSPS) is 22.3. The van der Waals surface area contributed by atoms with Gasteiger partial charge in [0.25, 0.3) is 0 Å². The molecule has 9 heteroatoms. The molecule has 4 rings (SSSR count). The number of rotatable bonds is 11. The molecule has 8 nitrogen and oxygen atoms in total. The summed E-state index contributed by atoms with van der Waals surface area (Å²) in [5.74, 6) is 0.700. The lowest BCUT2D eigenvalue weighted by molar-refractivity contribution is -0.142. The number of alkyl carbamates (subject to hydrolysis) is 1. The number of piperidine rings is 1. The second kappa shape index (κ2) is 15.2. The first-order chi connectivity index (χ1) is 20.3. The summed E-state index contributed by atoms with van der Waals surface area (Å²) in [5, 5.41) is 19.2. The van der Waals surface area contributed by atoms with Gasteiger partial charge in [-0.05, 0) is 88.4 Å². The van der Waals surface area contributed by atoms with Crippen molar-refractivity contribution >= 4 is 23.6 Å². The molecule has 1 saturated carbocycles. The van der Waals surface area contributed by atoms with Crippen LogP contribution in [-0.2, 0) is 21.6 Å². The van der Waals surface area contributed by atoms with Gasteiger partial charge in [0, 0.05) is 55.0 Å². The fourth-order valence-corrected chi connectivity index (χ4v) is 7.18. The van der Waals surface area contributed by atoms with E-state index in [2.05, 4.69) is 34.7 Å². The van der Waals surface area contributed by atoms with Crippen LogP contribution in [0.5, 0.6) is 0 Å². The standard InChI is InChI=1S/C33H47ClN4O4/c1-4-23-8-5-9-26(18-23)30-28(20-36-21-29(30)34)33(41,15-7-16-37-32(40)42-3)27-10-6-17-38(22-27)31(39)25-13-11-24(12-14-25)19-35-2/h5,8-9,18,20-21,24-25,27,35,41H,4,6-7,10-17,19,22H2,1-3H3,(H,37,40). The number of carbonyl (C=O) groups is 2. The molecule has 2 amide bonds. The Morgan fingerprint density at radius 3 is 2.69 bits per heavy atom. The number of hydrogen-bond donors (Lipinski definition) is 3. The fourth-order valence-electron chi connectivity index (χ4n) is 6.91. The summed E-state index contributed by atoms with van der Waals surface area (Å²) in [6.07, 6.45) is 10.2. The van der Waals surface area contributed by atoms with Gasteiger partial charge in [-0.1, -0.05) is 42.8 Å². The van der Waals surface area contributed by atoms with Crippen molar-refractivity contribution in [3.8, 4) is 11.1 Å². The third kappa shape index (κ3) is 7.63. The van der Waals surface area contributed by atoms with Crippen LogP contribution in [0.25, 0.3) is 11.1 Å². The summed E-state index contributed by atoms with van der Waals surface area (Å²) >= 11 is 6.82. The Bertz CT molecular complexity index is 1200. The predicted octanol–water partition coefficient (Wildman–Crippen LogP) is 5.55. The Morgan fingerprint density at radius 2 is 1.98 bits per heavy atom. The highest BCUT2D eigenvalue weighted by Crippen LogP contribution is 2.45. The number of benzene rings is 1. The van der Waals surface area contributed by atoms with Gasteiger partial charge in [0.05, 0.1) is 17.7 Å². The zero-order chi connectivity index (χ0) is 30.1. The van der Waals surface area contributed by atoms with E-state index in [9.17, 15) is 14.7 Å². The summed E-state index contributed by atoms with van der Waals surface area (Å²) in [6, 6.07) is 8.23. The van der Waals surface area contributed by atoms with E-state index >= 15 is 0 Å². The molecule has 2 unspecified atom stereocenters. The van der Waals surface area contributed by atoms with Crippen molar-refractivity contribution in [3.63, 3.8) is 0 Å². The van der Waals surface area contributed by atoms with Crippen LogP contribution in [0.1, 0.15) is 69.4 Å². The number of aliphatic hydroxyl groups is 1. The number of pyridine rings is 1. The molecule has 230 valence electrons. The number of carbonyl (C=O) groups excluding carboxylic acids is 2. The number of amides is 2. The van der Waals surface area contributed by atoms with Crippen molar-refractivity contribution in [1.29, 1.82) is 0 Å². The Balaban J connectivity index is 1.63. The fraction of sp³-hybridized carbons (Fsp3) is 0.606. The molecule has 1 aliphatic carbocycles. The molecule has 2 atom stereocenters. The van der Waals surface area contributed by atoms with Crippen LogP contribution >= 0.6 is 11.6 Å². The average molecular weight is 599 g/mol. The highest BCUT2D eigenvalue weighted by molar-refractivity contribution is 6.33. The number of ether oxygens (including phenoxy) is 1. The van der Waals surface area contributed by atoms with Gasteiger partial charge in [0.2, 0.25) is 5.91 Å². The number of aromatic nitrogens is 1. The van der Waals surface area contributed by atoms with Crippen molar-refractivity contribution in [2.24, 2.45) is 17.8 Å². The van der Waals surface area contributed by atoms with E-state index in [0.717, 1.165) is 62.6 Å². The van der Waals surface area contributed by atoms with Gasteiger partial charge >= 0.3 is 6.09 Å². The van der Waals surface area contributed by atoms with Gasteiger partial charge in [-0.15, -0.1) is 0 Å². The van der Waals surface area contributed by atoms with Crippen LogP contribution in [0.2, 0.25) is 5.02 Å². The largest absolute Gasteiger partial charge is 0.453 e. The van der Waals surface area contributed by atoms with Gasteiger partial charge < -0.3 is 25.4 Å². The van der Waals surface area contributed by atoms with Gasteiger partial charge in [-0.25, -0.2) is 4.79 Å². The van der Waals surface area contributed by atoms with Crippen molar-refractivity contribution in [2.45, 2.75) is 70.3 Å². The monoisotopic (exact) mass is 598 g/mol. The second-order valence-corrected chi connectivity index (χ2v) is 12.3. The minimum atomic E-state index is -1.31. The minimum Gasteiger partial charge on any atom is -0.453 e. The van der Waals surface area contributed by atoms with Gasteiger partial charge in [0.1, 0.15) is 0 Å². The molecular formula is C33H47ClN4O4. The van der Waals surface area contributed by atoms with E-state index in [1.54, 1.807) is 12.4 Å². The van der Waals surface area contributed by atoms with E-state index in [0.29, 0.717) is 49.0 Å². The van der Waals surface area contributed by atoms with Gasteiger partial charge in [0.15, 0.2) is 0 Å². The number of nitrogens with zero attached hydrogens (tertiary/aromatic N) is 2. The van der Waals surface area contributed by atoms with Crippen LogP contribution < -0.4 is 10.6 Å². The van der Waals surface area contributed by atoms with Crippen LogP contribution in [-0.4, -0.2) is 67.3 Å². The third-order valence-electron chi connectivity index (χ3n) is 9.28. The topological polar surface area (TPSA) is 104 Å². The maximum atomic E-state index is 13.7. The summed E-state index contributed by atoms with van der Waals surface area (Å²) in [7, 11) is 3.32. The summed E-state index contributed by atoms with van der Waals surface area (Å²) in [5.41, 5.74) is 2.25. The molecule has 1 saturated heterocycles. The van der Waals surface area contributed by atoms with E-state index in [1.165, 1.54) is 12.7 Å². The van der Waals surface area contributed by atoms with Gasteiger partial charge in [-0.2, -0.15) is 0 Å². The second-order valence-electron chi connectivity index (χ2n) is 11.9. The van der Waals surface area contributed by atoms with Crippen molar-refractivity contribution in [2.75, 3.05) is 40.3 Å². The molecule has 2 fully saturated rings. The maximum absolute atomic E-state index is 13.7. The molecule has 0 radical (unpaired) electrons. The third-order valence-corrected chi connectivity index (χ3v) is 9.56. The smallest absolute Gasteiger partial charge is 0.406 e. The first-order valence-corrected chi connectivity index (χ1v) is 15.9. The Morgan fingerprint density at radius 1 is 1.19 bits per heavy atom. The van der Waals surface area contributed by atoms with Crippen molar-refractivity contribution in [3.05, 3.63) is 52.8 Å². The van der Waals surface area contributed by atoms with E-state index in [-0.39, 0.29) is 17.7 Å². The van der Waals surface area contributed by atoms with Crippen LogP contribution in [0.3, 0.4) is 0 Å². The van der Waals surface area contributed by atoms with Crippen molar-refractivity contribution < 1.29 is 19.4 Å². The minimum absolute atomic E-state index is 0.0504. The van der Waals surface area contributed by atoms with E-state index in [4.69, 9.17) is 16.3 Å². The number of aryl methyl sites for hydroxylation is 1. The first-order valence-electron chi connectivity index (χ1n) is 15.5. The zero-order valence-electron chi connectivity index (χ0n) is 25.3. The molecule has 2 heterocycles. The molecule has 1 aliphatic heterocycles. The SMILES string of the molecule is CCc1cccc(-c2c(Cl)cncc2C(O)(CCCNC(=O)OC)C2CCCN(C(=O)C3CCC(CNC)CC3)C2)c1. The number of hydrogen-bond acceptors (Lipinski definition) is 6. The number of likely N-dealkylation sites (tertiary alicyclic amines) is 1. The van der Waals surface area contributed by atoms with Crippen LogP contribution in [0.15, 0.2) is 36.7 Å². The molecule has 2 aliphatic rings. The molecular weight excluding hydrogens is 552 g/mol. The van der Waals surface area contributed by atoms with Crippen LogP contribution in [0, 0.1) is 17.8 Å². The summed E-state index contributed by atoms with van der Waals surface area (Å²) < 4.78 is 4.73. The molecule has 1 aromatic carbocycles. The van der Waals surface area contributed by atoms with E-state index in [1.807, 2.05) is 24.1 Å². The molecule has 42 heavy (non-hydrogen) atoms. The maximum Gasteiger partial charge on any atom is 0.406 e. The molecule has 2 aromatic rings. The summed E-state index contributed by atoms with van der Waals surface area (Å²) in [6.45, 7) is 4.66. The van der Waals surface area contributed by atoms with Gasteiger partial charge in [-0.3, -0.25) is 9.78 Å². The molecule has 0 bridgehead atoms. The lowest BCUT2D eigenvalue weighted by Crippen LogP contribution is -2.50. The molecule has 3 N–H and O–H groups in total. The Labute approximate surface area is 255 Å². The zero-order valence-corrected chi connectivity index (χ0v) is 26.1.